The molecule has 3 aliphatic rings. The number of rotatable bonds is 3. The van der Waals surface area contributed by atoms with Crippen molar-refractivity contribution < 1.29 is 42.5 Å². The van der Waals surface area contributed by atoms with E-state index in [-0.39, 0.29) is 34.0 Å². The number of aromatic amines is 1. The average molecular weight is 732 g/mol. The second kappa shape index (κ2) is 12.0. The Balaban J connectivity index is 1.24. The molecule has 3 saturated heterocycles. The van der Waals surface area contributed by atoms with Gasteiger partial charge in [-0.05, 0) is 29.1 Å². The number of fused-ring (bicyclic) bond motifs is 5. The number of azide groups is 1. The number of nitrogens with one attached hydrogen (secondary N) is 1. The Morgan fingerprint density at radius 2 is 1.60 bits per heavy atom. The summed E-state index contributed by atoms with van der Waals surface area (Å²) in [4.78, 5) is 60.8. The minimum absolute atomic E-state index is 0.000491. The summed E-state index contributed by atoms with van der Waals surface area (Å²) in [5.74, 6) is 0.0376. The summed E-state index contributed by atoms with van der Waals surface area (Å²) in [5.41, 5.74) is 20.9. The van der Waals surface area contributed by atoms with Crippen LogP contribution in [0.2, 0.25) is 0 Å². The number of aliphatic hydroxyl groups excluding tert-OH is 1. The number of H-pyrrole nitrogens is 1. The molecule has 0 aromatic carbocycles. The first-order valence-electron chi connectivity index (χ1n) is 13.4. The monoisotopic (exact) mass is 731 g/mol. The number of anilines is 2. The Labute approximate surface area is 270 Å². The Kier molecular flexibility index (Phi) is 8.26. The van der Waals surface area contributed by atoms with Crippen LogP contribution < -0.4 is 17.2 Å². The van der Waals surface area contributed by atoms with Crippen molar-refractivity contribution in [2.45, 2.75) is 49.0 Å². The summed E-state index contributed by atoms with van der Waals surface area (Å²) in [5, 5.41) is 15.1. The molecule has 7 heterocycles. The molecule has 0 amide bonds. The van der Waals surface area contributed by atoms with E-state index in [0.29, 0.717) is 0 Å². The maximum atomic E-state index is 12.9. The molecule has 23 nitrogen and oxygen atoms in total. The van der Waals surface area contributed by atoms with E-state index < -0.39 is 81.4 Å². The third-order valence-corrected chi connectivity index (χ3v) is 10.7. The molecule has 4 aromatic rings. The molecule has 0 spiro atoms. The van der Waals surface area contributed by atoms with Gasteiger partial charge in [0.05, 0.1) is 31.7 Å². The van der Waals surface area contributed by atoms with E-state index in [1.54, 1.807) is 0 Å². The van der Waals surface area contributed by atoms with Crippen molar-refractivity contribution in [3.05, 3.63) is 39.9 Å². The summed E-state index contributed by atoms with van der Waals surface area (Å²) in [6.07, 6.45) is -6.07. The molecule has 0 aliphatic carbocycles. The van der Waals surface area contributed by atoms with Gasteiger partial charge >= 0.3 is 19.1 Å². The highest BCUT2D eigenvalue weighted by atomic mass is 32.5. The van der Waals surface area contributed by atoms with Crippen LogP contribution >= 0.6 is 13.4 Å². The first kappa shape index (κ1) is 32.3. The lowest BCUT2D eigenvalue weighted by Crippen LogP contribution is -2.37. The van der Waals surface area contributed by atoms with Gasteiger partial charge in [-0.15, -0.1) is 0 Å². The third-order valence-electron chi connectivity index (χ3n) is 7.57. The molecule has 4 aromatic heterocycles. The highest BCUT2D eigenvalue weighted by molar-refractivity contribution is 8.07. The van der Waals surface area contributed by atoms with Gasteiger partial charge in [0.2, 0.25) is 0 Å². The lowest BCUT2D eigenvalue weighted by Gasteiger charge is -2.28. The van der Waals surface area contributed by atoms with E-state index in [9.17, 15) is 25.2 Å². The Bertz CT molecular complexity index is 2080. The molecule has 7 rings (SSSR count). The largest absolute Gasteiger partial charge is 0.386 e. The van der Waals surface area contributed by atoms with Crippen LogP contribution in [0.4, 0.5) is 11.6 Å². The fourth-order valence-electron chi connectivity index (χ4n) is 5.54. The minimum Gasteiger partial charge on any atom is -0.386 e. The van der Waals surface area contributed by atoms with Crippen molar-refractivity contribution in [1.82, 2.24) is 39.0 Å². The lowest BCUT2D eigenvalue weighted by molar-refractivity contribution is -0.0609. The minimum atomic E-state index is -4.28. The second-order valence-corrected chi connectivity index (χ2v) is 15.9. The molecule has 27 heteroatoms. The number of ether oxygens (including phenoxy) is 2. The summed E-state index contributed by atoms with van der Waals surface area (Å²) >= 11 is 10.6. The summed E-state index contributed by atoms with van der Waals surface area (Å²) in [7, 11) is 0. The van der Waals surface area contributed by atoms with Crippen molar-refractivity contribution in [3.8, 4) is 0 Å². The number of nitrogen functional groups attached to an aromatic ring is 2. The maximum absolute atomic E-state index is 12.9. The Hall–Kier alpha value is -3.25. The van der Waals surface area contributed by atoms with Crippen molar-refractivity contribution in [2.75, 3.05) is 24.7 Å². The SMILES string of the molecule is [N-]=[N+]=N[C@H]1[C@H]2OP(O)(=S)OC[C@H]3O[C@@H](n4c(=O)[nH]c5c(N)ncnc54)[C@H](O)[C@@H]3OP(O)(=S)OC[C@H]1O[C@H]2n1cnc2c(N)ncnc21. The van der Waals surface area contributed by atoms with Crippen LogP contribution in [0.25, 0.3) is 32.8 Å². The van der Waals surface area contributed by atoms with E-state index in [1.165, 1.54) is 17.2 Å². The highest BCUT2D eigenvalue weighted by Crippen LogP contribution is 2.54. The van der Waals surface area contributed by atoms with Crippen LogP contribution in [0.3, 0.4) is 0 Å². The van der Waals surface area contributed by atoms with Crippen LogP contribution in [-0.4, -0.2) is 104 Å². The first-order valence-corrected chi connectivity index (χ1v) is 18.5. The molecule has 3 aliphatic heterocycles. The van der Waals surface area contributed by atoms with Crippen molar-refractivity contribution in [2.24, 2.45) is 5.11 Å². The van der Waals surface area contributed by atoms with Crippen LogP contribution in [0.5, 0.6) is 0 Å². The fourth-order valence-corrected chi connectivity index (χ4v) is 8.40. The molecule has 0 radical (unpaired) electrons. The molecule has 2 unspecified atom stereocenters. The van der Waals surface area contributed by atoms with E-state index in [1.807, 2.05) is 0 Å². The molecule has 10 atom stereocenters. The molecule has 3 fully saturated rings. The summed E-state index contributed by atoms with van der Waals surface area (Å²) in [6.45, 7) is -9.67. The van der Waals surface area contributed by atoms with Gasteiger partial charge in [-0.1, -0.05) is 5.11 Å². The number of aliphatic hydroxyl groups is 1. The van der Waals surface area contributed by atoms with E-state index in [2.05, 4.69) is 39.9 Å². The first-order chi connectivity index (χ1) is 22.4. The zero-order chi connectivity index (χ0) is 33.2. The topological polar surface area (TPSA) is 324 Å². The van der Waals surface area contributed by atoms with Gasteiger partial charge in [-0.25, -0.2) is 34.3 Å². The van der Waals surface area contributed by atoms with Crippen molar-refractivity contribution in [1.29, 1.82) is 0 Å². The molecule has 0 saturated carbocycles. The maximum Gasteiger partial charge on any atom is 0.330 e. The van der Waals surface area contributed by atoms with E-state index in [4.69, 9.17) is 62.6 Å². The molecular formula is C20H23N13O10P2S2. The summed E-state index contributed by atoms with van der Waals surface area (Å²) < 4.78 is 37.3. The van der Waals surface area contributed by atoms with E-state index in [0.717, 1.165) is 10.9 Å². The number of hydrogen-bond acceptors (Lipinski definition) is 18. The molecule has 8 N–H and O–H groups in total. The molecule has 2 bridgehead atoms. The van der Waals surface area contributed by atoms with Crippen LogP contribution in [0.15, 0.2) is 28.9 Å². The van der Waals surface area contributed by atoms with Crippen LogP contribution in [0.1, 0.15) is 12.5 Å². The number of hydrogen-bond donors (Lipinski definition) is 6. The molecule has 250 valence electrons. The fraction of sp³-hybridized carbons (Fsp3) is 0.500. The number of aromatic nitrogens is 8. The van der Waals surface area contributed by atoms with Crippen LogP contribution in [0, 0.1) is 0 Å². The average Bonchev–Trinajstić information content (AvgIpc) is 3.75. The van der Waals surface area contributed by atoms with Gasteiger partial charge in [0.15, 0.2) is 35.4 Å². The Morgan fingerprint density at radius 3 is 2.32 bits per heavy atom. The zero-order valence-electron chi connectivity index (χ0n) is 23.3. The van der Waals surface area contributed by atoms with Gasteiger partial charge in [0.1, 0.15) is 48.1 Å². The lowest BCUT2D eigenvalue weighted by atomic mass is 10.1. The van der Waals surface area contributed by atoms with Gasteiger partial charge in [0, 0.05) is 4.91 Å². The number of nitrogens with zero attached hydrogens (tertiary/aromatic N) is 10. The van der Waals surface area contributed by atoms with Crippen molar-refractivity contribution in [3.63, 3.8) is 0 Å². The van der Waals surface area contributed by atoms with E-state index >= 15 is 0 Å². The zero-order valence-corrected chi connectivity index (χ0v) is 26.7. The second-order valence-electron chi connectivity index (χ2n) is 10.3. The van der Waals surface area contributed by atoms with Gasteiger partial charge < -0.3 is 54.4 Å². The van der Waals surface area contributed by atoms with Crippen molar-refractivity contribution >= 4 is 71.0 Å². The molecule has 47 heavy (non-hydrogen) atoms. The van der Waals surface area contributed by atoms with Gasteiger partial charge in [0.25, 0.3) is 0 Å². The predicted molar refractivity (Wildman–Crippen MR) is 164 cm³/mol. The van der Waals surface area contributed by atoms with Gasteiger partial charge in [-0.2, -0.15) is 0 Å². The van der Waals surface area contributed by atoms with Crippen LogP contribution in [-0.2, 0) is 51.2 Å². The Morgan fingerprint density at radius 1 is 0.957 bits per heavy atom. The normalized spacial score (nSPS) is 36.3. The number of imidazole rings is 2. The smallest absolute Gasteiger partial charge is 0.330 e. The standard InChI is InChI=1S/C20H23N13O10P2S2/c21-14-9-16(26-3-24-14)32(5-28-9)19-13-8(30-31-23)6(40-19)1-38-44(36,46)42-12-7(2-39-45(37,47)43-13)41-18(11(12)34)33-17-10(29-20(33)35)15(22)25-4-27-17/h3-8,11-13,18-19,34H,1-2H2,(H,29,35)(H,36,46)(H,37,47)(H2,21,24,26)(H2,22,25,27)/t6-,7-,8-,11-,12-,13-,18-,19-,44?,45?/m1/s1. The predicted octanol–water partition coefficient (Wildman–Crippen LogP) is -0.791. The third kappa shape index (κ3) is 5.79. The number of nitrogens with two attached hydrogens (primary N) is 2. The quantitative estimate of drug-likeness (QED) is 0.0650. The van der Waals surface area contributed by atoms with Gasteiger partial charge in [-0.3, -0.25) is 9.09 Å². The highest BCUT2D eigenvalue weighted by Gasteiger charge is 2.53. The molecular weight excluding hydrogens is 708 g/mol. The summed E-state index contributed by atoms with van der Waals surface area (Å²) in [6, 6.07) is -1.23.